The molecule has 1 aromatic rings. The first-order valence-corrected chi connectivity index (χ1v) is 9.13. The third-order valence-corrected chi connectivity index (χ3v) is 6.35. The molecule has 0 spiro atoms. The summed E-state index contributed by atoms with van der Waals surface area (Å²) in [5, 5.41) is 2.49. The fourth-order valence-corrected chi connectivity index (χ4v) is 3.45. The number of amides is 3. The van der Waals surface area contributed by atoms with Crippen LogP contribution in [0.1, 0.15) is 30.1 Å². The van der Waals surface area contributed by atoms with Gasteiger partial charge in [-0.3, -0.25) is 14.4 Å². The van der Waals surface area contributed by atoms with Gasteiger partial charge in [-0.15, -0.1) is 0 Å². The van der Waals surface area contributed by atoms with E-state index < -0.39 is 11.7 Å². The van der Waals surface area contributed by atoms with Crippen molar-refractivity contribution in [3.8, 4) is 0 Å². The van der Waals surface area contributed by atoms with Crippen molar-refractivity contribution in [2.75, 3.05) is 18.4 Å². The number of halogens is 3. The molecular formula is C15H16BrFIN3O3. The Hall–Kier alpha value is -1.23. The molecule has 1 aliphatic heterocycles. The van der Waals surface area contributed by atoms with E-state index in [1.165, 1.54) is 13.0 Å². The Balaban J connectivity index is 2.19. The highest BCUT2D eigenvalue weighted by atomic mass is 127. The fourth-order valence-electron chi connectivity index (χ4n) is 2.59. The van der Waals surface area contributed by atoms with Gasteiger partial charge in [-0.2, -0.15) is 0 Å². The Bertz CT molecular complexity index is 706. The van der Waals surface area contributed by atoms with Crippen LogP contribution in [-0.4, -0.2) is 35.7 Å². The first kappa shape index (κ1) is 19.1. The Labute approximate surface area is 160 Å². The molecule has 24 heavy (non-hydrogen) atoms. The number of anilines is 1. The van der Waals surface area contributed by atoms with E-state index in [1.54, 1.807) is 4.90 Å². The normalized spacial score (nSPS) is 15.2. The molecule has 0 bridgehead atoms. The van der Waals surface area contributed by atoms with E-state index in [0.29, 0.717) is 29.5 Å². The second kappa shape index (κ2) is 7.77. The molecule has 1 fully saturated rings. The lowest BCUT2D eigenvalue weighted by Gasteiger charge is -2.30. The van der Waals surface area contributed by atoms with Crippen LogP contribution in [0.2, 0.25) is 0 Å². The summed E-state index contributed by atoms with van der Waals surface area (Å²) >= 11 is 4.96. The van der Waals surface area contributed by atoms with Gasteiger partial charge in [-0.05, 0) is 57.4 Å². The van der Waals surface area contributed by atoms with Crippen molar-refractivity contribution in [2.24, 2.45) is 11.7 Å². The zero-order chi connectivity index (χ0) is 18.0. The number of nitrogens with one attached hydrogen (secondary N) is 1. The highest BCUT2D eigenvalue weighted by molar-refractivity contribution is 14.1. The molecule has 2 rings (SSSR count). The summed E-state index contributed by atoms with van der Waals surface area (Å²) < 4.78 is 15.1. The van der Waals surface area contributed by atoms with E-state index in [1.807, 2.05) is 22.6 Å². The second-order valence-corrected chi connectivity index (χ2v) is 7.50. The van der Waals surface area contributed by atoms with Crippen LogP contribution in [-0.2, 0) is 9.59 Å². The predicted octanol–water partition coefficient (Wildman–Crippen LogP) is 2.49. The molecule has 0 unspecified atom stereocenters. The SMILES string of the molecule is CC(=O)N1CCC(C(=O)Nc2c(C(N)=O)cc(I)c(Br)c2F)CC1. The standard InChI is InChI=1S/C15H16BrFIN3O3/c1-7(22)21-4-2-8(3-5-21)15(24)20-13-9(14(19)23)6-10(18)11(16)12(13)17/h6,8H,2-5H2,1H3,(H2,19,23)(H,20,24). The Morgan fingerprint density at radius 2 is 1.96 bits per heavy atom. The maximum atomic E-state index is 14.5. The summed E-state index contributed by atoms with van der Waals surface area (Å²) in [6.45, 7) is 2.45. The second-order valence-electron chi connectivity index (χ2n) is 5.54. The number of rotatable bonds is 3. The first-order valence-electron chi connectivity index (χ1n) is 7.26. The molecule has 0 saturated carbocycles. The van der Waals surface area contributed by atoms with Crippen LogP contribution in [0.5, 0.6) is 0 Å². The monoisotopic (exact) mass is 511 g/mol. The molecule has 3 amide bonds. The molecule has 1 aliphatic rings. The van der Waals surface area contributed by atoms with Gasteiger partial charge in [-0.1, -0.05) is 0 Å². The largest absolute Gasteiger partial charge is 0.366 e. The minimum Gasteiger partial charge on any atom is -0.366 e. The lowest BCUT2D eigenvalue weighted by Crippen LogP contribution is -2.40. The third-order valence-electron chi connectivity index (χ3n) is 3.99. The van der Waals surface area contributed by atoms with E-state index in [-0.39, 0.29) is 33.5 Å². The Kier molecular flexibility index (Phi) is 6.18. The topological polar surface area (TPSA) is 92.5 Å². The number of hydrogen-bond donors (Lipinski definition) is 2. The maximum Gasteiger partial charge on any atom is 0.250 e. The van der Waals surface area contributed by atoms with Gasteiger partial charge >= 0.3 is 0 Å². The number of primary amides is 1. The highest BCUT2D eigenvalue weighted by Gasteiger charge is 2.28. The van der Waals surface area contributed by atoms with Crippen LogP contribution in [0.25, 0.3) is 0 Å². The van der Waals surface area contributed by atoms with Crippen LogP contribution >= 0.6 is 38.5 Å². The molecule has 0 aromatic heterocycles. The number of carbonyl (C=O) groups excluding carboxylic acids is 3. The minimum atomic E-state index is -0.819. The molecule has 6 nitrogen and oxygen atoms in total. The van der Waals surface area contributed by atoms with Crippen LogP contribution in [0.15, 0.2) is 10.5 Å². The summed E-state index contributed by atoms with van der Waals surface area (Å²) in [5.41, 5.74) is 5.00. The van der Waals surface area contributed by atoms with Crippen molar-refractivity contribution in [3.05, 3.63) is 25.5 Å². The van der Waals surface area contributed by atoms with Gasteiger partial charge in [0.2, 0.25) is 11.8 Å². The van der Waals surface area contributed by atoms with Crippen molar-refractivity contribution in [1.82, 2.24) is 4.90 Å². The van der Waals surface area contributed by atoms with Crippen molar-refractivity contribution >= 4 is 61.9 Å². The number of nitrogens with two attached hydrogens (primary N) is 1. The first-order chi connectivity index (χ1) is 11.2. The average Bonchev–Trinajstić information content (AvgIpc) is 2.54. The van der Waals surface area contributed by atoms with Crippen LogP contribution < -0.4 is 11.1 Å². The predicted molar refractivity (Wildman–Crippen MR) is 98.9 cm³/mol. The van der Waals surface area contributed by atoms with Gasteiger partial charge in [0.25, 0.3) is 5.91 Å². The van der Waals surface area contributed by atoms with Crippen LogP contribution in [0, 0.1) is 15.3 Å². The molecule has 0 radical (unpaired) electrons. The van der Waals surface area contributed by atoms with Gasteiger partial charge in [0, 0.05) is 29.5 Å². The fraction of sp³-hybridized carbons (Fsp3) is 0.400. The van der Waals surface area contributed by atoms with Crippen molar-refractivity contribution in [1.29, 1.82) is 0 Å². The van der Waals surface area contributed by atoms with E-state index in [2.05, 4.69) is 21.2 Å². The van der Waals surface area contributed by atoms with Gasteiger partial charge in [0.05, 0.1) is 15.7 Å². The third kappa shape index (κ3) is 4.05. The number of likely N-dealkylation sites (tertiary alicyclic amines) is 1. The number of piperidine rings is 1. The van der Waals surface area contributed by atoms with Crippen LogP contribution in [0.4, 0.5) is 10.1 Å². The molecule has 130 valence electrons. The molecule has 1 saturated heterocycles. The van der Waals surface area contributed by atoms with Gasteiger partial charge < -0.3 is 16.0 Å². The zero-order valence-electron chi connectivity index (χ0n) is 12.9. The molecule has 0 atom stereocenters. The maximum absolute atomic E-state index is 14.5. The number of benzene rings is 1. The quantitative estimate of drug-likeness (QED) is 0.482. The Morgan fingerprint density at radius 1 is 1.38 bits per heavy atom. The molecule has 9 heteroatoms. The molecular weight excluding hydrogens is 496 g/mol. The molecule has 0 aliphatic carbocycles. The van der Waals surface area contributed by atoms with E-state index in [0.717, 1.165) is 0 Å². The van der Waals surface area contributed by atoms with Gasteiger partial charge in [-0.25, -0.2) is 4.39 Å². The average molecular weight is 512 g/mol. The van der Waals surface area contributed by atoms with E-state index in [4.69, 9.17) is 5.73 Å². The van der Waals surface area contributed by atoms with E-state index >= 15 is 0 Å². The van der Waals surface area contributed by atoms with Gasteiger partial charge in [0.1, 0.15) is 0 Å². The van der Waals surface area contributed by atoms with Crippen molar-refractivity contribution in [3.63, 3.8) is 0 Å². The summed E-state index contributed by atoms with van der Waals surface area (Å²) in [5.74, 6) is -2.31. The number of carbonyl (C=O) groups is 3. The van der Waals surface area contributed by atoms with Gasteiger partial charge in [0.15, 0.2) is 5.82 Å². The Morgan fingerprint density at radius 3 is 2.46 bits per heavy atom. The molecule has 3 N–H and O–H groups in total. The smallest absolute Gasteiger partial charge is 0.250 e. The summed E-state index contributed by atoms with van der Waals surface area (Å²) in [4.78, 5) is 37.0. The van der Waals surface area contributed by atoms with Crippen molar-refractivity contribution in [2.45, 2.75) is 19.8 Å². The molecule has 1 aromatic carbocycles. The van der Waals surface area contributed by atoms with Crippen LogP contribution in [0.3, 0.4) is 0 Å². The van der Waals surface area contributed by atoms with E-state index in [9.17, 15) is 18.8 Å². The lowest BCUT2D eigenvalue weighted by molar-refractivity contribution is -0.132. The summed E-state index contributed by atoms with van der Waals surface area (Å²) in [7, 11) is 0. The lowest BCUT2D eigenvalue weighted by atomic mass is 9.95. The highest BCUT2D eigenvalue weighted by Crippen LogP contribution is 2.32. The van der Waals surface area contributed by atoms with Crippen molar-refractivity contribution < 1.29 is 18.8 Å². The number of hydrogen-bond acceptors (Lipinski definition) is 3. The number of nitrogens with zero attached hydrogens (tertiary/aromatic N) is 1. The molecule has 1 heterocycles. The minimum absolute atomic E-state index is 0.0301. The zero-order valence-corrected chi connectivity index (χ0v) is 16.6. The summed E-state index contributed by atoms with van der Waals surface area (Å²) in [6, 6.07) is 1.42. The summed E-state index contributed by atoms with van der Waals surface area (Å²) in [6.07, 6.45) is 0.981.